The van der Waals surface area contributed by atoms with E-state index in [4.69, 9.17) is 9.26 Å². The van der Waals surface area contributed by atoms with E-state index in [1.54, 1.807) is 6.92 Å². The third-order valence-electron chi connectivity index (χ3n) is 5.03. The summed E-state index contributed by atoms with van der Waals surface area (Å²) >= 11 is 0. The number of aryl methyl sites for hydroxylation is 1. The van der Waals surface area contributed by atoms with Gasteiger partial charge in [0.1, 0.15) is 30.0 Å². The Bertz CT molecular complexity index is 889. The fraction of sp³-hybridized carbons (Fsp3) is 0.750. The van der Waals surface area contributed by atoms with Crippen molar-refractivity contribution < 1.29 is 34.0 Å². The Morgan fingerprint density at radius 3 is 2.36 bits per heavy atom. The number of nitrogens with one attached hydrogen (secondary N) is 1. The van der Waals surface area contributed by atoms with E-state index in [1.165, 1.54) is 20.2 Å². The number of rotatable bonds is 6. The molecule has 2 rings (SSSR count). The van der Waals surface area contributed by atoms with Gasteiger partial charge >= 0.3 is 13.3 Å². The number of nitrogens with zero attached hydrogens (tertiary/aromatic N) is 1. The number of hydrogen-bond acceptors (Lipinski definition) is 8. The minimum Gasteiger partial charge on any atom is -0.387 e. The number of hydrogen-bond donors (Lipinski definition) is 5. The fourth-order valence-corrected chi connectivity index (χ4v) is 3.96. The lowest BCUT2D eigenvalue weighted by Crippen LogP contribution is -2.49. The molecule has 2 unspecified atom stereocenters. The summed E-state index contributed by atoms with van der Waals surface area (Å²) in [5.74, 6) is 0. The van der Waals surface area contributed by atoms with Gasteiger partial charge in [-0.3, -0.25) is 18.9 Å². The number of H-pyrrole nitrogens is 1. The van der Waals surface area contributed by atoms with Crippen molar-refractivity contribution in [2.24, 2.45) is 7.05 Å². The van der Waals surface area contributed by atoms with Gasteiger partial charge in [-0.05, 0) is 27.2 Å². The third kappa shape index (κ3) is 4.02. The van der Waals surface area contributed by atoms with Crippen LogP contribution in [-0.4, -0.2) is 59.0 Å². The van der Waals surface area contributed by atoms with Crippen LogP contribution in [0.1, 0.15) is 45.8 Å². The maximum Gasteiger partial charge on any atom is 0.359 e. The molecule has 5 N–H and O–H groups in total. The van der Waals surface area contributed by atoms with Crippen LogP contribution in [0.15, 0.2) is 15.8 Å². The molecule has 0 bridgehead atoms. The number of aliphatic hydroxyl groups excluding tert-OH is 2. The van der Waals surface area contributed by atoms with E-state index in [2.05, 4.69) is 4.98 Å². The molecule has 12 heteroatoms. The second kappa shape index (κ2) is 7.49. The van der Waals surface area contributed by atoms with Crippen molar-refractivity contribution >= 4 is 7.60 Å². The maximum atomic E-state index is 12.4. The number of aromatic amines is 1. The van der Waals surface area contributed by atoms with E-state index in [1.807, 2.05) is 0 Å². The molecule has 1 saturated heterocycles. The highest BCUT2D eigenvalue weighted by Gasteiger charge is 2.56. The minimum absolute atomic E-state index is 0.0818. The first kappa shape index (κ1) is 23.0. The van der Waals surface area contributed by atoms with Gasteiger partial charge < -0.3 is 29.5 Å². The molecule has 1 aliphatic rings. The summed E-state index contributed by atoms with van der Waals surface area (Å²) in [5, 5.41) is 28.8. The summed E-state index contributed by atoms with van der Waals surface area (Å²) in [6, 6.07) is 0. The molecular weight excluding hydrogens is 395 g/mol. The van der Waals surface area contributed by atoms with Crippen LogP contribution in [0, 0.1) is 0 Å². The summed E-state index contributed by atoms with van der Waals surface area (Å²) in [7, 11) is -3.17. The van der Waals surface area contributed by atoms with Crippen molar-refractivity contribution in [1.82, 2.24) is 9.55 Å². The van der Waals surface area contributed by atoms with E-state index < -0.39 is 54.2 Å². The molecule has 0 spiro atoms. The highest BCUT2D eigenvalue weighted by atomic mass is 31.2. The molecule has 1 aliphatic heterocycles. The van der Waals surface area contributed by atoms with E-state index in [-0.39, 0.29) is 12.0 Å². The average molecular weight is 422 g/mol. The predicted molar refractivity (Wildman–Crippen MR) is 97.8 cm³/mol. The van der Waals surface area contributed by atoms with Gasteiger partial charge in [-0.25, -0.2) is 4.79 Å². The van der Waals surface area contributed by atoms with E-state index >= 15 is 0 Å². The second-order valence-electron chi connectivity index (χ2n) is 7.69. The van der Waals surface area contributed by atoms with Crippen LogP contribution < -0.4 is 11.2 Å². The first-order valence-corrected chi connectivity index (χ1v) is 10.3. The third-order valence-corrected chi connectivity index (χ3v) is 7.08. The SMILES string of the molecule is CCC(C)(OP(=O)(O)C(C)(C)O)[C@H]1O[C@@H](c2cn(C)c(=O)[nH]c2=O)[C@H](O)[C@@H]1O. The Labute approximate surface area is 161 Å². The highest BCUT2D eigenvalue weighted by molar-refractivity contribution is 7.54. The average Bonchev–Trinajstić information content (AvgIpc) is 2.86. The molecule has 0 saturated carbocycles. The second-order valence-corrected chi connectivity index (χ2v) is 10.0. The van der Waals surface area contributed by atoms with Gasteiger partial charge in [0.05, 0.1) is 5.56 Å². The van der Waals surface area contributed by atoms with Crippen molar-refractivity contribution in [1.29, 1.82) is 0 Å². The summed E-state index contributed by atoms with van der Waals surface area (Å²) < 4.78 is 24.5. The minimum atomic E-state index is -4.56. The number of aromatic nitrogens is 2. The molecule has 160 valence electrons. The van der Waals surface area contributed by atoms with Crippen LogP contribution in [0.2, 0.25) is 0 Å². The van der Waals surface area contributed by atoms with Gasteiger partial charge in [-0.1, -0.05) is 6.92 Å². The summed E-state index contributed by atoms with van der Waals surface area (Å²) in [6.45, 7) is 5.23. The van der Waals surface area contributed by atoms with Crippen LogP contribution in [0.25, 0.3) is 0 Å². The molecule has 0 radical (unpaired) electrons. The Morgan fingerprint density at radius 1 is 1.29 bits per heavy atom. The Hall–Kier alpha value is -1.33. The van der Waals surface area contributed by atoms with Crippen molar-refractivity contribution in [3.63, 3.8) is 0 Å². The maximum absolute atomic E-state index is 12.4. The lowest BCUT2D eigenvalue weighted by Gasteiger charge is -2.39. The van der Waals surface area contributed by atoms with Gasteiger partial charge in [-0.2, -0.15) is 0 Å². The number of aliphatic hydroxyl groups is 3. The first-order valence-electron chi connectivity index (χ1n) is 8.72. The molecule has 0 aliphatic carbocycles. The molecule has 1 aromatic heterocycles. The van der Waals surface area contributed by atoms with Crippen LogP contribution in [0.3, 0.4) is 0 Å². The lowest BCUT2D eigenvalue weighted by molar-refractivity contribution is -0.116. The molecule has 11 nitrogen and oxygen atoms in total. The molecule has 2 heterocycles. The van der Waals surface area contributed by atoms with Gasteiger partial charge in [0.25, 0.3) is 5.56 Å². The molecule has 0 amide bonds. The quantitative estimate of drug-likeness (QED) is 0.373. The van der Waals surface area contributed by atoms with Crippen LogP contribution in [0.4, 0.5) is 0 Å². The zero-order chi connectivity index (χ0) is 21.7. The summed E-state index contributed by atoms with van der Waals surface area (Å²) in [5.41, 5.74) is -3.12. The van der Waals surface area contributed by atoms with Gasteiger partial charge in [0, 0.05) is 13.2 Å². The molecular formula is C16H27N2O9P. The molecule has 6 atom stereocenters. The largest absolute Gasteiger partial charge is 0.387 e. The standard InChI is InChI=1S/C16H27N2O9P/c1-6-16(4,27-28(24,25)15(2,3)23)12-10(20)9(19)11(26-12)8-7-18(5)14(22)17-13(8)21/h7,9-12,19-20,23H,6H2,1-5H3,(H,24,25)(H,17,21,22)/t9-,10+,11+,12+,16?/m1/s1. The molecule has 1 aromatic rings. The monoisotopic (exact) mass is 422 g/mol. The van der Waals surface area contributed by atoms with Gasteiger partial charge in [0.15, 0.2) is 5.34 Å². The fourth-order valence-electron chi connectivity index (χ4n) is 2.94. The smallest absolute Gasteiger partial charge is 0.359 e. The van der Waals surface area contributed by atoms with Gasteiger partial charge in [-0.15, -0.1) is 0 Å². The van der Waals surface area contributed by atoms with Crippen LogP contribution >= 0.6 is 7.60 Å². The lowest BCUT2D eigenvalue weighted by atomic mass is 9.90. The van der Waals surface area contributed by atoms with Crippen molar-refractivity contribution in [3.05, 3.63) is 32.6 Å². The summed E-state index contributed by atoms with van der Waals surface area (Å²) in [6.07, 6.45) is -4.45. The van der Waals surface area contributed by atoms with Crippen molar-refractivity contribution in [2.75, 3.05) is 0 Å². The molecule has 0 aromatic carbocycles. The van der Waals surface area contributed by atoms with Crippen molar-refractivity contribution in [3.8, 4) is 0 Å². The Kier molecular flexibility index (Phi) is 6.14. The zero-order valence-electron chi connectivity index (χ0n) is 16.3. The normalized spacial score (nSPS) is 30.0. The Balaban J connectivity index is 2.42. The summed E-state index contributed by atoms with van der Waals surface area (Å²) in [4.78, 5) is 35.8. The topological polar surface area (TPSA) is 171 Å². The van der Waals surface area contributed by atoms with Gasteiger partial charge in [0.2, 0.25) is 0 Å². The first-order chi connectivity index (χ1) is 12.6. The Morgan fingerprint density at radius 2 is 1.86 bits per heavy atom. The zero-order valence-corrected chi connectivity index (χ0v) is 17.2. The van der Waals surface area contributed by atoms with E-state index in [0.29, 0.717) is 0 Å². The molecule has 28 heavy (non-hydrogen) atoms. The predicted octanol–water partition coefficient (Wildman–Crippen LogP) is -0.666. The van der Waals surface area contributed by atoms with Crippen molar-refractivity contribution in [2.45, 2.75) is 69.5 Å². The molecule has 1 fully saturated rings. The van der Waals surface area contributed by atoms with E-state index in [9.17, 15) is 34.4 Å². The highest BCUT2D eigenvalue weighted by Crippen LogP contribution is 2.58. The number of ether oxygens (including phenoxy) is 1. The van der Waals surface area contributed by atoms with E-state index in [0.717, 1.165) is 18.4 Å². The van der Waals surface area contributed by atoms with Crippen LogP contribution in [0.5, 0.6) is 0 Å². The van der Waals surface area contributed by atoms with Crippen LogP contribution in [-0.2, 0) is 20.9 Å².